The van der Waals surface area contributed by atoms with Crippen LogP contribution < -0.4 is 0 Å². The minimum Gasteiger partial charge on any atom is -0.271 e. The first-order chi connectivity index (χ1) is 7.31. The van der Waals surface area contributed by atoms with Gasteiger partial charge in [0.05, 0.1) is 9.77 Å². The molecule has 15 heavy (non-hydrogen) atoms. The Morgan fingerprint density at radius 1 is 1.40 bits per heavy atom. The normalized spacial score (nSPS) is 33.5. The number of rotatable bonds is 2. The molecule has 0 saturated heterocycles. The van der Waals surface area contributed by atoms with Crippen LogP contribution in [0.4, 0.5) is 0 Å². The Hall–Kier alpha value is -0.320. The zero-order chi connectivity index (χ0) is 10.3. The second kappa shape index (κ2) is 3.92. The molecule has 0 aliphatic heterocycles. The third-order valence-electron chi connectivity index (χ3n) is 3.74. The molecule has 0 N–H and O–H groups in total. The fraction of sp³-hybridized carbons (Fsp3) is 0.583. The highest BCUT2D eigenvalue weighted by Gasteiger charge is 2.31. The first-order valence-corrected chi connectivity index (χ1v) is 6.75. The molecule has 3 heteroatoms. The van der Waals surface area contributed by atoms with Crippen molar-refractivity contribution in [2.75, 3.05) is 0 Å². The lowest BCUT2D eigenvalue weighted by atomic mass is 9.69. The lowest BCUT2D eigenvalue weighted by Gasteiger charge is -2.37. The molecule has 0 spiro atoms. The Balaban J connectivity index is 1.72. The van der Waals surface area contributed by atoms with Crippen molar-refractivity contribution in [1.29, 1.82) is 0 Å². The van der Waals surface area contributed by atoms with E-state index in [0.717, 1.165) is 24.3 Å². The maximum Gasteiger partial charge on any atom is 0.0623 e. The predicted octanol–water partition coefficient (Wildman–Crippen LogP) is 3.09. The number of hydrogen-bond donors (Lipinski definition) is 0. The molecular weight excluding hydrogens is 299 g/mol. The molecular formula is C12H15IN2. The van der Waals surface area contributed by atoms with E-state index in [4.69, 9.17) is 0 Å². The van der Waals surface area contributed by atoms with Gasteiger partial charge in [-0.2, -0.15) is 5.10 Å². The first kappa shape index (κ1) is 9.87. The summed E-state index contributed by atoms with van der Waals surface area (Å²) in [5, 5.41) is 4.38. The van der Waals surface area contributed by atoms with Gasteiger partial charge in [-0.05, 0) is 59.6 Å². The van der Waals surface area contributed by atoms with Gasteiger partial charge < -0.3 is 0 Å². The molecule has 1 heterocycles. The lowest BCUT2D eigenvalue weighted by molar-refractivity contribution is 0.193. The Morgan fingerprint density at radius 3 is 2.87 bits per heavy atom. The molecule has 3 aliphatic carbocycles. The molecule has 1 fully saturated rings. The van der Waals surface area contributed by atoms with Gasteiger partial charge in [-0.15, -0.1) is 0 Å². The molecule has 2 bridgehead atoms. The van der Waals surface area contributed by atoms with E-state index in [1.165, 1.54) is 22.8 Å². The number of allylic oxidation sites excluding steroid dienone is 2. The van der Waals surface area contributed by atoms with Gasteiger partial charge in [0.1, 0.15) is 0 Å². The van der Waals surface area contributed by atoms with Crippen molar-refractivity contribution in [3.05, 3.63) is 28.1 Å². The molecule has 2 nitrogen and oxygen atoms in total. The van der Waals surface area contributed by atoms with Crippen molar-refractivity contribution < 1.29 is 0 Å². The zero-order valence-corrected chi connectivity index (χ0v) is 10.8. The molecule has 80 valence electrons. The van der Waals surface area contributed by atoms with Crippen LogP contribution in [0.3, 0.4) is 0 Å². The SMILES string of the molecule is Ic1cnn(CC2CC3C=CC2CC3)c1. The minimum atomic E-state index is 0.817. The van der Waals surface area contributed by atoms with Crippen LogP contribution in [0.1, 0.15) is 19.3 Å². The van der Waals surface area contributed by atoms with Crippen LogP contribution in [0.15, 0.2) is 24.5 Å². The van der Waals surface area contributed by atoms with E-state index < -0.39 is 0 Å². The van der Waals surface area contributed by atoms with Crippen LogP contribution in [0.2, 0.25) is 0 Å². The topological polar surface area (TPSA) is 17.8 Å². The van der Waals surface area contributed by atoms with Crippen molar-refractivity contribution in [2.45, 2.75) is 25.8 Å². The van der Waals surface area contributed by atoms with E-state index in [-0.39, 0.29) is 0 Å². The van der Waals surface area contributed by atoms with E-state index >= 15 is 0 Å². The fourth-order valence-corrected chi connectivity index (χ4v) is 3.39. The third-order valence-corrected chi connectivity index (χ3v) is 4.29. The van der Waals surface area contributed by atoms with Crippen molar-refractivity contribution in [2.24, 2.45) is 17.8 Å². The molecule has 4 rings (SSSR count). The molecule has 3 aliphatic rings. The van der Waals surface area contributed by atoms with E-state index in [1.807, 2.05) is 6.20 Å². The number of hydrogen-bond acceptors (Lipinski definition) is 1. The van der Waals surface area contributed by atoms with Gasteiger partial charge in [0.15, 0.2) is 0 Å². The molecule has 0 radical (unpaired) electrons. The molecule has 3 unspecified atom stereocenters. The summed E-state index contributed by atoms with van der Waals surface area (Å²) in [6.07, 6.45) is 13.1. The summed E-state index contributed by atoms with van der Waals surface area (Å²) < 4.78 is 3.35. The van der Waals surface area contributed by atoms with Gasteiger partial charge in [0.2, 0.25) is 0 Å². The number of aromatic nitrogens is 2. The second-order valence-electron chi connectivity index (χ2n) is 4.76. The van der Waals surface area contributed by atoms with Crippen molar-refractivity contribution in [3.63, 3.8) is 0 Å². The first-order valence-electron chi connectivity index (χ1n) is 5.67. The average molecular weight is 314 g/mol. The van der Waals surface area contributed by atoms with E-state index in [0.29, 0.717) is 0 Å². The zero-order valence-electron chi connectivity index (χ0n) is 8.64. The maximum atomic E-state index is 4.38. The Kier molecular flexibility index (Phi) is 2.58. The molecule has 1 aromatic rings. The Bertz CT molecular complexity index is 383. The average Bonchev–Trinajstić information content (AvgIpc) is 2.66. The number of fused-ring (bicyclic) bond motifs is 2. The highest BCUT2D eigenvalue weighted by atomic mass is 127. The summed E-state index contributed by atoms with van der Waals surface area (Å²) in [6, 6.07) is 0. The van der Waals surface area contributed by atoms with E-state index in [9.17, 15) is 0 Å². The highest BCUT2D eigenvalue weighted by molar-refractivity contribution is 14.1. The third kappa shape index (κ3) is 1.98. The largest absolute Gasteiger partial charge is 0.271 e. The highest BCUT2D eigenvalue weighted by Crippen LogP contribution is 2.40. The number of halogens is 1. The summed E-state index contributed by atoms with van der Waals surface area (Å²) >= 11 is 2.32. The van der Waals surface area contributed by atoms with Crippen LogP contribution in [-0.4, -0.2) is 9.78 Å². The molecule has 0 aromatic carbocycles. The monoisotopic (exact) mass is 314 g/mol. The molecule has 0 amide bonds. The summed E-state index contributed by atoms with van der Waals surface area (Å²) in [5.41, 5.74) is 0. The van der Waals surface area contributed by atoms with Crippen LogP contribution >= 0.6 is 22.6 Å². The summed E-state index contributed by atoms with van der Waals surface area (Å²) in [5.74, 6) is 2.50. The van der Waals surface area contributed by atoms with Gasteiger partial charge in [0, 0.05) is 12.7 Å². The standard InChI is InChI=1S/C12H15IN2/c13-12-6-14-15(8-12)7-11-5-9-1-3-10(11)4-2-9/h1,3,6,8-11H,2,4-5,7H2. The molecule has 1 aromatic heterocycles. The van der Waals surface area contributed by atoms with Crippen molar-refractivity contribution in [3.8, 4) is 0 Å². The molecule has 3 atom stereocenters. The van der Waals surface area contributed by atoms with Crippen molar-refractivity contribution >= 4 is 22.6 Å². The quantitative estimate of drug-likeness (QED) is 0.606. The van der Waals surface area contributed by atoms with Crippen LogP contribution in [0.25, 0.3) is 0 Å². The van der Waals surface area contributed by atoms with Crippen LogP contribution in [-0.2, 0) is 6.54 Å². The smallest absolute Gasteiger partial charge is 0.0623 e. The van der Waals surface area contributed by atoms with Gasteiger partial charge in [-0.1, -0.05) is 12.2 Å². The summed E-state index contributed by atoms with van der Waals surface area (Å²) in [4.78, 5) is 0. The second-order valence-corrected chi connectivity index (χ2v) is 6.01. The van der Waals surface area contributed by atoms with Gasteiger partial charge in [-0.3, -0.25) is 4.68 Å². The van der Waals surface area contributed by atoms with Gasteiger partial charge >= 0.3 is 0 Å². The Morgan fingerprint density at radius 2 is 2.33 bits per heavy atom. The molecule has 1 saturated carbocycles. The summed E-state index contributed by atoms with van der Waals surface area (Å²) in [7, 11) is 0. The van der Waals surface area contributed by atoms with Crippen molar-refractivity contribution in [1.82, 2.24) is 9.78 Å². The van der Waals surface area contributed by atoms with E-state index in [2.05, 4.69) is 50.7 Å². The van der Waals surface area contributed by atoms with E-state index in [1.54, 1.807) is 0 Å². The number of nitrogens with zero attached hydrogens (tertiary/aromatic N) is 2. The minimum absolute atomic E-state index is 0.817. The fourth-order valence-electron chi connectivity index (χ4n) is 2.94. The predicted molar refractivity (Wildman–Crippen MR) is 68.4 cm³/mol. The van der Waals surface area contributed by atoms with Crippen LogP contribution in [0, 0.1) is 21.3 Å². The summed E-state index contributed by atoms with van der Waals surface area (Å²) in [6.45, 7) is 1.11. The lowest BCUT2D eigenvalue weighted by Crippen LogP contribution is -2.30. The van der Waals surface area contributed by atoms with Gasteiger partial charge in [0.25, 0.3) is 0 Å². The van der Waals surface area contributed by atoms with Crippen LogP contribution in [0.5, 0.6) is 0 Å². The van der Waals surface area contributed by atoms with Gasteiger partial charge in [-0.25, -0.2) is 0 Å². The maximum absolute atomic E-state index is 4.38. The Labute approximate surface area is 104 Å².